The van der Waals surface area contributed by atoms with Gasteiger partial charge in [-0.1, -0.05) is 5.16 Å². The molecule has 3 heterocycles. The third-order valence-electron chi connectivity index (χ3n) is 6.04. The molecule has 2 aliphatic heterocycles. The third-order valence-corrected chi connectivity index (χ3v) is 6.04. The Hall–Kier alpha value is -2.51. The van der Waals surface area contributed by atoms with Crippen LogP contribution in [0.3, 0.4) is 0 Å². The fraction of sp³-hybridized carbons (Fsp3) is 0.632. The SMILES string of the molecule is Cc1ncnc(C(=O)N2CCC3(CC2)CC(C(=O)NC2CCC2)=NO3)c1C. The van der Waals surface area contributed by atoms with Gasteiger partial charge in [0.25, 0.3) is 11.8 Å². The maximum atomic E-state index is 12.8. The minimum Gasteiger partial charge on any atom is -0.388 e. The van der Waals surface area contributed by atoms with Gasteiger partial charge in [-0.15, -0.1) is 0 Å². The minimum absolute atomic E-state index is 0.0743. The smallest absolute Gasteiger partial charge is 0.272 e. The molecule has 1 saturated carbocycles. The van der Waals surface area contributed by atoms with Crippen LogP contribution in [0.5, 0.6) is 0 Å². The monoisotopic (exact) mass is 371 g/mol. The Labute approximate surface area is 158 Å². The van der Waals surface area contributed by atoms with Crippen LogP contribution >= 0.6 is 0 Å². The standard InChI is InChI=1S/C19H25N5O3/c1-12-13(2)20-11-21-16(12)18(26)24-8-6-19(7-9-24)10-15(23-27-19)17(25)22-14-4-3-5-14/h11,14H,3-10H2,1-2H3,(H,22,25). The van der Waals surface area contributed by atoms with Crippen LogP contribution in [0.25, 0.3) is 0 Å². The number of likely N-dealkylation sites (tertiary alicyclic amines) is 1. The molecule has 0 radical (unpaired) electrons. The molecule has 1 N–H and O–H groups in total. The second-order valence-corrected chi connectivity index (χ2v) is 7.82. The van der Waals surface area contributed by atoms with Crippen molar-refractivity contribution in [1.29, 1.82) is 0 Å². The molecule has 3 aliphatic rings. The molecule has 0 atom stereocenters. The summed E-state index contributed by atoms with van der Waals surface area (Å²) in [5.74, 6) is -0.183. The van der Waals surface area contributed by atoms with Gasteiger partial charge in [-0.3, -0.25) is 9.59 Å². The predicted octanol–water partition coefficient (Wildman–Crippen LogP) is 1.51. The molecule has 2 amide bonds. The Balaban J connectivity index is 1.34. The Morgan fingerprint density at radius 3 is 2.63 bits per heavy atom. The lowest BCUT2D eigenvalue weighted by Crippen LogP contribution is -2.48. The average Bonchev–Trinajstić information content (AvgIpc) is 3.04. The molecule has 1 aromatic heterocycles. The molecule has 1 aromatic rings. The lowest BCUT2D eigenvalue weighted by atomic mass is 9.86. The van der Waals surface area contributed by atoms with Crippen molar-refractivity contribution in [1.82, 2.24) is 20.2 Å². The van der Waals surface area contributed by atoms with Crippen LogP contribution in [0.2, 0.25) is 0 Å². The molecule has 1 saturated heterocycles. The largest absolute Gasteiger partial charge is 0.388 e. The Bertz CT molecular complexity index is 795. The summed E-state index contributed by atoms with van der Waals surface area (Å²) in [6.45, 7) is 4.87. The number of hydrogen-bond acceptors (Lipinski definition) is 6. The summed E-state index contributed by atoms with van der Waals surface area (Å²) in [4.78, 5) is 40.9. The summed E-state index contributed by atoms with van der Waals surface area (Å²) in [6, 6.07) is 0.288. The van der Waals surface area contributed by atoms with E-state index in [2.05, 4.69) is 20.4 Å². The third kappa shape index (κ3) is 3.40. The van der Waals surface area contributed by atoms with Gasteiger partial charge in [0.15, 0.2) is 0 Å². The van der Waals surface area contributed by atoms with E-state index in [-0.39, 0.29) is 17.9 Å². The number of nitrogens with one attached hydrogen (secondary N) is 1. The molecule has 1 aliphatic carbocycles. The Kier molecular flexibility index (Phi) is 4.57. The normalized spacial score (nSPS) is 21.4. The molecular formula is C19H25N5O3. The first-order chi connectivity index (χ1) is 13.0. The molecule has 0 unspecified atom stereocenters. The summed E-state index contributed by atoms with van der Waals surface area (Å²) in [5.41, 5.74) is 2.11. The highest BCUT2D eigenvalue weighted by atomic mass is 16.7. The molecule has 144 valence electrons. The zero-order chi connectivity index (χ0) is 19.0. The zero-order valence-electron chi connectivity index (χ0n) is 15.8. The number of amides is 2. The molecular weight excluding hydrogens is 346 g/mol. The maximum absolute atomic E-state index is 12.8. The average molecular weight is 371 g/mol. The van der Waals surface area contributed by atoms with Gasteiger partial charge in [0.2, 0.25) is 0 Å². The molecule has 0 aromatic carbocycles. The van der Waals surface area contributed by atoms with E-state index in [1.165, 1.54) is 12.7 Å². The summed E-state index contributed by atoms with van der Waals surface area (Å²) in [6.07, 6.45) is 6.53. The maximum Gasteiger partial charge on any atom is 0.272 e. The van der Waals surface area contributed by atoms with Crippen LogP contribution in [0, 0.1) is 13.8 Å². The van der Waals surface area contributed by atoms with Gasteiger partial charge < -0.3 is 15.1 Å². The van der Waals surface area contributed by atoms with Gasteiger partial charge in [0.05, 0.1) is 0 Å². The van der Waals surface area contributed by atoms with Gasteiger partial charge in [-0.2, -0.15) is 0 Å². The summed E-state index contributed by atoms with van der Waals surface area (Å²) < 4.78 is 0. The Morgan fingerprint density at radius 2 is 1.96 bits per heavy atom. The zero-order valence-corrected chi connectivity index (χ0v) is 15.8. The first kappa shape index (κ1) is 17.9. The van der Waals surface area contributed by atoms with Crippen LogP contribution in [0.15, 0.2) is 11.5 Å². The first-order valence-electron chi connectivity index (χ1n) is 9.61. The number of hydrogen-bond donors (Lipinski definition) is 1. The van der Waals surface area contributed by atoms with Crippen molar-refractivity contribution in [3.8, 4) is 0 Å². The summed E-state index contributed by atoms with van der Waals surface area (Å²) in [5, 5.41) is 7.07. The second kappa shape index (κ2) is 6.90. The molecule has 27 heavy (non-hydrogen) atoms. The summed E-state index contributed by atoms with van der Waals surface area (Å²) >= 11 is 0. The van der Waals surface area contributed by atoms with Crippen molar-refractivity contribution >= 4 is 17.5 Å². The molecule has 1 spiro atoms. The van der Waals surface area contributed by atoms with Crippen LogP contribution in [-0.2, 0) is 9.63 Å². The molecule has 4 rings (SSSR count). The first-order valence-corrected chi connectivity index (χ1v) is 9.61. The topological polar surface area (TPSA) is 96.8 Å². The van der Waals surface area contributed by atoms with Gasteiger partial charge in [-0.05, 0) is 33.1 Å². The van der Waals surface area contributed by atoms with Crippen molar-refractivity contribution < 1.29 is 14.4 Å². The van der Waals surface area contributed by atoms with Gasteiger partial charge >= 0.3 is 0 Å². The van der Waals surface area contributed by atoms with E-state index in [9.17, 15) is 9.59 Å². The van der Waals surface area contributed by atoms with E-state index in [1.807, 2.05) is 13.8 Å². The van der Waals surface area contributed by atoms with Crippen molar-refractivity contribution in [2.24, 2.45) is 5.16 Å². The lowest BCUT2D eigenvalue weighted by Gasteiger charge is -2.37. The van der Waals surface area contributed by atoms with E-state index < -0.39 is 5.60 Å². The highest BCUT2D eigenvalue weighted by molar-refractivity contribution is 6.39. The fourth-order valence-corrected chi connectivity index (χ4v) is 3.75. The fourth-order valence-electron chi connectivity index (χ4n) is 3.75. The highest BCUT2D eigenvalue weighted by Gasteiger charge is 2.45. The van der Waals surface area contributed by atoms with Crippen molar-refractivity contribution in [2.75, 3.05) is 13.1 Å². The van der Waals surface area contributed by atoms with Gasteiger partial charge in [0, 0.05) is 49.7 Å². The van der Waals surface area contributed by atoms with E-state index in [0.717, 1.165) is 24.1 Å². The van der Waals surface area contributed by atoms with E-state index in [1.54, 1.807) is 4.90 Å². The van der Waals surface area contributed by atoms with Crippen LogP contribution in [0.4, 0.5) is 0 Å². The number of oxime groups is 1. The van der Waals surface area contributed by atoms with Crippen molar-refractivity contribution in [3.05, 3.63) is 23.3 Å². The number of carbonyl (C=O) groups is 2. The van der Waals surface area contributed by atoms with Gasteiger partial charge in [0.1, 0.15) is 23.3 Å². The Morgan fingerprint density at radius 1 is 1.22 bits per heavy atom. The molecule has 8 nitrogen and oxygen atoms in total. The lowest BCUT2D eigenvalue weighted by molar-refractivity contribution is -0.116. The molecule has 2 fully saturated rings. The quantitative estimate of drug-likeness (QED) is 0.869. The number of carbonyl (C=O) groups excluding carboxylic acids is 2. The number of nitrogens with zero attached hydrogens (tertiary/aromatic N) is 4. The second-order valence-electron chi connectivity index (χ2n) is 7.82. The minimum atomic E-state index is -0.459. The van der Waals surface area contributed by atoms with E-state index in [0.29, 0.717) is 43.8 Å². The van der Waals surface area contributed by atoms with Crippen LogP contribution in [-0.4, -0.2) is 57.1 Å². The number of rotatable bonds is 3. The molecule has 8 heteroatoms. The van der Waals surface area contributed by atoms with Crippen molar-refractivity contribution in [2.45, 2.75) is 64.0 Å². The van der Waals surface area contributed by atoms with E-state index in [4.69, 9.17) is 4.84 Å². The van der Waals surface area contributed by atoms with Crippen LogP contribution < -0.4 is 5.32 Å². The predicted molar refractivity (Wildman–Crippen MR) is 98.3 cm³/mol. The van der Waals surface area contributed by atoms with Gasteiger partial charge in [-0.25, -0.2) is 9.97 Å². The number of piperidine rings is 1. The molecule has 0 bridgehead atoms. The van der Waals surface area contributed by atoms with Crippen molar-refractivity contribution in [3.63, 3.8) is 0 Å². The van der Waals surface area contributed by atoms with E-state index >= 15 is 0 Å². The van der Waals surface area contributed by atoms with Crippen LogP contribution in [0.1, 0.15) is 60.3 Å². The highest BCUT2D eigenvalue weighted by Crippen LogP contribution is 2.35. The number of aryl methyl sites for hydroxylation is 1. The number of aromatic nitrogens is 2. The summed E-state index contributed by atoms with van der Waals surface area (Å²) in [7, 11) is 0.